The van der Waals surface area contributed by atoms with Crippen molar-refractivity contribution in [2.24, 2.45) is 0 Å². The van der Waals surface area contributed by atoms with Crippen LogP contribution >= 0.6 is 0 Å². The van der Waals surface area contributed by atoms with E-state index in [2.05, 4.69) is 10.4 Å². The van der Waals surface area contributed by atoms with E-state index in [4.69, 9.17) is 9.47 Å². The molecule has 156 valence electrons. The second-order valence-corrected chi connectivity index (χ2v) is 9.06. The number of benzene rings is 2. The van der Waals surface area contributed by atoms with Crippen LogP contribution in [-0.2, 0) is 21.3 Å². The Kier molecular flexibility index (Phi) is 4.98. The van der Waals surface area contributed by atoms with Crippen LogP contribution in [0.1, 0.15) is 27.2 Å². The number of ether oxygens (including phenoxy) is 2. The number of aryl methyl sites for hydroxylation is 1. The van der Waals surface area contributed by atoms with Crippen LogP contribution in [0.25, 0.3) is 5.69 Å². The van der Waals surface area contributed by atoms with Gasteiger partial charge in [0.2, 0.25) is 0 Å². The van der Waals surface area contributed by atoms with Crippen molar-refractivity contribution in [1.29, 1.82) is 0 Å². The Morgan fingerprint density at radius 2 is 1.83 bits per heavy atom. The fourth-order valence-electron chi connectivity index (χ4n) is 3.59. The van der Waals surface area contributed by atoms with Gasteiger partial charge in [0.15, 0.2) is 21.3 Å². The predicted octanol–water partition coefficient (Wildman–Crippen LogP) is 2.88. The molecule has 0 saturated heterocycles. The first-order valence-corrected chi connectivity index (χ1v) is 11.1. The number of nitrogens with one attached hydrogen (secondary N) is 1. The maximum atomic E-state index is 13.2. The first kappa shape index (κ1) is 20.0. The van der Waals surface area contributed by atoms with E-state index in [1.54, 1.807) is 22.9 Å². The van der Waals surface area contributed by atoms with Crippen LogP contribution in [0.3, 0.4) is 0 Å². The summed E-state index contributed by atoms with van der Waals surface area (Å²) in [6, 6.07) is 12.6. The smallest absolute Gasteiger partial charge is 0.260 e. The van der Waals surface area contributed by atoms with Gasteiger partial charge in [-0.1, -0.05) is 24.3 Å². The van der Waals surface area contributed by atoms with Gasteiger partial charge in [0.25, 0.3) is 5.91 Å². The molecule has 3 aromatic rings. The molecule has 1 aliphatic heterocycles. The second kappa shape index (κ2) is 7.49. The van der Waals surface area contributed by atoms with Gasteiger partial charge in [-0.15, -0.1) is 0 Å². The largest absolute Gasteiger partial charge is 0.493 e. The highest BCUT2D eigenvalue weighted by Crippen LogP contribution is 2.35. The molecule has 0 atom stereocenters. The Balaban J connectivity index is 1.82. The van der Waals surface area contributed by atoms with Crippen molar-refractivity contribution >= 4 is 21.6 Å². The molecule has 1 amide bonds. The zero-order valence-electron chi connectivity index (χ0n) is 16.8. The van der Waals surface area contributed by atoms with Crippen molar-refractivity contribution in [1.82, 2.24) is 9.78 Å². The number of nitrogens with zero attached hydrogens (tertiary/aromatic N) is 2. The standard InChI is InChI=1S/C21H21N3O5S/c1-13-7-4-5-9-17(13)24-20(15-11-30(26,27)12-16(15)23-24)22-21(25)14-8-6-10-18(28-2)19(14)29-3/h4-10H,11-12H2,1-3H3,(H,22,25). The van der Waals surface area contributed by atoms with Gasteiger partial charge in [0.05, 0.1) is 42.7 Å². The molecule has 9 heteroatoms. The summed E-state index contributed by atoms with van der Waals surface area (Å²) in [4.78, 5) is 13.2. The molecule has 1 aliphatic rings. The van der Waals surface area contributed by atoms with Gasteiger partial charge in [0, 0.05) is 5.56 Å². The van der Waals surface area contributed by atoms with Crippen LogP contribution in [0.2, 0.25) is 0 Å². The van der Waals surface area contributed by atoms with Crippen LogP contribution in [0.5, 0.6) is 11.5 Å². The Morgan fingerprint density at radius 1 is 1.07 bits per heavy atom. The summed E-state index contributed by atoms with van der Waals surface area (Å²) in [6.45, 7) is 1.93. The number of hydrogen-bond acceptors (Lipinski definition) is 6. The lowest BCUT2D eigenvalue weighted by Gasteiger charge is -2.15. The average molecular weight is 427 g/mol. The molecule has 1 aromatic heterocycles. The van der Waals surface area contributed by atoms with E-state index < -0.39 is 15.7 Å². The maximum absolute atomic E-state index is 13.2. The molecular formula is C21H21N3O5S. The van der Waals surface area contributed by atoms with Crippen LogP contribution in [0.4, 0.5) is 5.82 Å². The number of fused-ring (bicyclic) bond motifs is 1. The molecule has 0 spiro atoms. The van der Waals surface area contributed by atoms with E-state index in [-0.39, 0.29) is 17.1 Å². The van der Waals surface area contributed by atoms with Gasteiger partial charge in [-0.2, -0.15) is 5.10 Å². The second-order valence-electron chi connectivity index (χ2n) is 7.00. The topological polar surface area (TPSA) is 99.5 Å². The van der Waals surface area contributed by atoms with Crippen molar-refractivity contribution in [3.8, 4) is 17.2 Å². The molecule has 30 heavy (non-hydrogen) atoms. The summed E-state index contributed by atoms with van der Waals surface area (Å²) in [5.74, 6) is 0.294. The van der Waals surface area contributed by atoms with Gasteiger partial charge in [-0.3, -0.25) is 4.79 Å². The van der Waals surface area contributed by atoms with Crippen LogP contribution in [0, 0.1) is 6.92 Å². The third kappa shape index (κ3) is 3.41. The number of para-hydroxylation sites is 2. The highest BCUT2D eigenvalue weighted by atomic mass is 32.2. The first-order chi connectivity index (χ1) is 14.3. The normalized spacial score (nSPS) is 14.2. The van der Waals surface area contributed by atoms with Crippen molar-refractivity contribution in [3.05, 3.63) is 64.8 Å². The predicted molar refractivity (Wildman–Crippen MR) is 112 cm³/mol. The Bertz CT molecular complexity index is 1250. The van der Waals surface area contributed by atoms with E-state index >= 15 is 0 Å². The van der Waals surface area contributed by atoms with E-state index in [9.17, 15) is 13.2 Å². The minimum absolute atomic E-state index is 0.146. The first-order valence-electron chi connectivity index (χ1n) is 9.24. The average Bonchev–Trinajstić information content (AvgIpc) is 3.19. The van der Waals surface area contributed by atoms with Gasteiger partial charge in [-0.25, -0.2) is 13.1 Å². The van der Waals surface area contributed by atoms with E-state index in [1.807, 2.05) is 31.2 Å². The summed E-state index contributed by atoms with van der Waals surface area (Å²) < 4.78 is 36.5. The molecule has 0 fully saturated rings. The summed E-state index contributed by atoms with van der Waals surface area (Å²) in [6.07, 6.45) is 0. The summed E-state index contributed by atoms with van der Waals surface area (Å²) >= 11 is 0. The highest BCUT2D eigenvalue weighted by Gasteiger charge is 2.34. The summed E-state index contributed by atoms with van der Waals surface area (Å²) in [5, 5.41) is 7.37. The van der Waals surface area contributed by atoms with E-state index in [0.717, 1.165) is 11.3 Å². The minimum atomic E-state index is -3.29. The molecule has 0 aliphatic carbocycles. The Morgan fingerprint density at radius 3 is 2.53 bits per heavy atom. The maximum Gasteiger partial charge on any atom is 0.260 e. The number of sulfone groups is 1. The van der Waals surface area contributed by atoms with Crippen molar-refractivity contribution in [2.45, 2.75) is 18.4 Å². The number of carbonyl (C=O) groups is 1. The Labute approximate surface area is 174 Å². The lowest BCUT2D eigenvalue weighted by Crippen LogP contribution is -2.18. The third-order valence-electron chi connectivity index (χ3n) is 5.01. The molecule has 1 N–H and O–H groups in total. The molecule has 0 radical (unpaired) electrons. The summed E-state index contributed by atoms with van der Waals surface area (Å²) in [5.41, 5.74) is 2.93. The fraction of sp³-hybridized carbons (Fsp3) is 0.238. The minimum Gasteiger partial charge on any atom is -0.493 e. The zero-order valence-corrected chi connectivity index (χ0v) is 17.6. The Hall–Kier alpha value is -3.33. The number of hydrogen-bond donors (Lipinski definition) is 1. The monoisotopic (exact) mass is 427 g/mol. The van der Waals surface area contributed by atoms with Crippen LogP contribution < -0.4 is 14.8 Å². The third-order valence-corrected chi connectivity index (χ3v) is 6.45. The molecule has 0 unspecified atom stereocenters. The number of methoxy groups -OCH3 is 2. The molecule has 8 nitrogen and oxygen atoms in total. The quantitative estimate of drug-likeness (QED) is 0.672. The lowest BCUT2D eigenvalue weighted by molar-refractivity contribution is 0.102. The van der Waals surface area contributed by atoms with Gasteiger partial charge >= 0.3 is 0 Å². The number of rotatable bonds is 5. The van der Waals surface area contributed by atoms with Gasteiger partial charge in [0.1, 0.15) is 5.82 Å². The molecular weight excluding hydrogens is 406 g/mol. The SMILES string of the molecule is COc1cccc(C(=O)Nc2c3c(nn2-c2ccccc2C)CS(=O)(=O)C3)c1OC. The zero-order chi connectivity index (χ0) is 21.5. The number of anilines is 1. The molecule has 4 rings (SSSR count). The fourth-order valence-corrected chi connectivity index (χ4v) is 5.08. The van der Waals surface area contributed by atoms with Crippen molar-refractivity contribution in [3.63, 3.8) is 0 Å². The summed E-state index contributed by atoms with van der Waals surface area (Å²) in [7, 11) is -0.344. The number of carbonyl (C=O) groups excluding carboxylic acids is 1. The van der Waals surface area contributed by atoms with Crippen LogP contribution in [0.15, 0.2) is 42.5 Å². The number of aromatic nitrogens is 2. The van der Waals surface area contributed by atoms with Gasteiger partial charge in [-0.05, 0) is 30.7 Å². The lowest BCUT2D eigenvalue weighted by atomic mass is 10.1. The van der Waals surface area contributed by atoms with Crippen molar-refractivity contribution < 1.29 is 22.7 Å². The van der Waals surface area contributed by atoms with Gasteiger partial charge < -0.3 is 14.8 Å². The van der Waals surface area contributed by atoms with Crippen LogP contribution in [-0.4, -0.2) is 38.3 Å². The molecule has 0 bridgehead atoms. The van der Waals surface area contributed by atoms with E-state index in [0.29, 0.717) is 28.6 Å². The number of amides is 1. The van der Waals surface area contributed by atoms with E-state index in [1.165, 1.54) is 14.2 Å². The molecule has 2 heterocycles. The highest BCUT2D eigenvalue weighted by molar-refractivity contribution is 7.90. The van der Waals surface area contributed by atoms with Crippen molar-refractivity contribution in [2.75, 3.05) is 19.5 Å². The molecule has 2 aromatic carbocycles. The molecule has 0 saturated carbocycles.